The highest BCUT2D eigenvalue weighted by Gasteiger charge is 2.16. The Kier molecular flexibility index (Phi) is 8.33. The van der Waals surface area contributed by atoms with Gasteiger partial charge in [0.15, 0.2) is 18.1 Å². The molecule has 0 saturated heterocycles. The normalized spacial score (nSPS) is 11.3. The number of hydrogen-bond donors (Lipinski definition) is 1. The molecule has 2 rings (SSSR count). The van der Waals surface area contributed by atoms with Gasteiger partial charge in [0.25, 0.3) is 5.91 Å². The van der Waals surface area contributed by atoms with Gasteiger partial charge in [-0.15, -0.1) is 0 Å². The first-order valence-electron chi connectivity index (χ1n) is 9.24. The van der Waals surface area contributed by atoms with Crippen LogP contribution in [0.2, 0.25) is 0 Å². The molecule has 7 heteroatoms. The zero-order valence-corrected chi connectivity index (χ0v) is 17.2. The average molecular weight is 401 g/mol. The van der Waals surface area contributed by atoms with Gasteiger partial charge in [-0.05, 0) is 29.2 Å². The summed E-state index contributed by atoms with van der Waals surface area (Å²) in [5.74, 6) is 0.634. The second-order valence-corrected chi connectivity index (χ2v) is 6.49. The van der Waals surface area contributed by atoms with Gasteiger partial charge in [0.2, 0.25) is 5.75 Å². The molecule has 0 bridgehead atoms. The Hall–Kier alpha value is -3.22. The minimum absolute atomic E-state index is 0.0234. The maximum atomic E-state index is 12.1. The van der Waals surface area contributed by atoms with E-state index in [4.69, 9.17) is 18.9 Å². The summed E-state index contributed by atoms with van der Waals surface area (Å²) in [6.45, 7) is 2.16. The first kappa shape index (κ1) is 22.1. The molecule has 1 atom stereocenters. The largest absolute Gasteiger partial charge is 0.493 e. The highest BCUT2D eigenvalue weighted by Crippen LogP contribution is 2.38. The molecule has 0 saturated carbocycles. The van der Waals surface area contributed by atoms with Crippen molar-refractivity contribution in [3.05, 3.63) is 53.6 Å². The molecule has 0 heterocycles. The second kappa shape index (κ2) is 10.9. The Morgan fingerprint density at radius 1 is 0.966 bits per heavy atom. The van der Waals surface area contributed by atoms with Gasteiger partial charge in [-0.1, -0.05) is 37.3 Å². The number of benzene rings is 2. The number of amides is 1. The smallest absolute Gasteiger partial charge is 0.310 e. The molecular formula is C22H27NO6. The van der Waals surface area contributed by atoms with E-state index in [1.165, 1.54) is 21.3 Å². The molecule has 7 nitrogen and oxygen atoms in total. The van der Waals surface area contributed by atoms with E-state index in [-0.39, 0.29) is 24.9 Å². The van der Waals surface area contributed by atoms with Crippen LogP contribution < -0.4 is 19.5 Å². The Balaban J connectivity index is 1.84. The summed E-state index contributed by atoms with van der Waals surface area (Å²) in [5, 5.41) is 2.78. The van der Waals surface area contributed by atoms with Gasteiger partial charge in [0.1, 0.15) is 0 Å². The fourth-order valence-corrected chi connectivity index (χ4v) is 2.82. The van der Waals surface area contributed by atoms with E-state index in [0.29, 0.717) is 29.4 Å². The van der Waals surface area contributed by atoms with E-state index in [2.05, 4.69) is 5.32 Å². The fraction of sp³-hybridized carbons (Fsp3) is 0.364. The topological polar surface area (TPSA) is 83.1 Å². The van der Waals surface area contributed by atoms with Crippen molar-refractivity contribution in [2.75, 3.05) is 34.5 Å². The van der Waals surface area contributed by atoms with Crippen LogP contribution in [0.5, 0.6) is 17.2 Å². The van der Waals surface area contributed by atoms with Gasteiger partial charge in [0.05, 0.1) is 27.8 Å². The van der Waals surface area contributed by atoms with Gasteiger partial charge < -0.3 is 24.3 Å². The number of hydrogen-bond acceptors (Lipinski definition) is 6. The van der Waals surface area contributed by atoms with Crippen LogP contribution in [0.4, 0.5) is 0 Å². The van der Waals surface area contributed by atoms with Crippen LogP contribution in [-0.2, 0) is 20.7 Å². The van der Waals surface area contributed by atoms with Crippen molar-refractivity contribution >= 4 is 11.9 Å². The maximum Gasteiger partial charge on any atom is 0.310 e. The van der Waals surface area contributed by atoms with Crippen molar-refractivity contribution in [2.24, 2.45) is 0 Å². The summed E-state index contributed by atoms with van der Waals surface area (Å²) in [6, 6.07) is 13.2. The quantitative estimate of drug-likeness (QED) is 0.617. The zero-order valence-electron chi connectivity index (χ0n) is 17.2. The number of esters is 1. The number of rotatable bonds is 10. The summed E-state index contributed by atoms with van der Waals surface area (Å²) in [7, 11) is 4.51. The SMILES string of the molecule is COc1cc(CC(=O)OCC(=O)NC[C@@H](C)c2ccccc2)cc(OC)c1OC. The highest BCUT2D eigenvalue weighted by atomic mass is 16.5. The van der Waals surface area contributed by atoms with Crippen molar-refractivity contribution in [1.82, 2.24) is 5.32 Å². The molecule has 1 N–H and O–H groups in total. The maximum absolute atomic E-state index is 12.1. The lowest BCUT2D eigenvalue weighted by molar-refractivity contribution is -0.147. The molecule has 0 unspecified atom stereocenters. The number of carbonyl (C=O) groups is 2. The minimum atomic E-state index is -0.523. The zero-order chi connectivity index (χ0) is 21.2. The molecule has 0 aliphatic rings. The Morgan fingerprint density at radius 3 is 2.14 bits per heavy atom. The van der Waals surface area contributed by atoms with Crippen LogP contribution in [-0.4, -0.2) is 46.4 Å². The van der Waals surface area contributed by atoms with Crippen molar-refractivity contribution < 1.29 is 28.5 Å². The monoisotopic (exact) mass is 401 g/mol. The number of ether oxygens (including phenoxy) is 4. The second-order valence-electron chi connectivity index (χ2n) is 6.49. The molecule has 1 amide bonds. The number of carbonyl (C=O) groups excluding carboxylic acids is 2. The van der Waals surface area contributed by atoms with Gasteiger partial charge in [0, 0.05) is 6.54 Å². The molecule has 2 aromatic rings. The molecule has 2 aromatic carbocycles. The first-order chi connectivity index (χ1) is 14.0. The van der Waals surface area contributed by atoms with Crippen molar-refractivity contribution in [2.45, 2.75) is 19.3 Å². The molecule has 156 valence electrons. The van der Waals surface area contributed by atoms with Crippen LogP contribution in [0.25, 0.3) is 0 Å². The lowest BCUT2D eigenvalue weighted by Crippen LogP contribution is -2.31. The lowest BCUT2D eigenvalue weighted by atomic mass is 10.0. The highest BCUT2D eigenvalue weighted by molar-refractivity contribution is 5.81. The molecule has 0 aliphatic heterocycles. The summed E-state index contributed by atoms with van der Waals surface area (Å²) in [4.78, 5) is 24.1. The molecular weight excluding hydrogens is 374 g/mol. The van der Waals surface area contributed by atoms with E-state index >= 15 is 0 Å². The van der Waals surface area contributed by atoms with Crippen LogP contribution in [0.1, 0.15) is 24.0 Å². The molecule has 29 heavy (non-hydrogen) atoms. The Morgan fingerprint density at radius 2 is 1.59 bits per heavy atom. The fourth-order valence-electron chi connectivity index (χ4n) is 2.82. The molecule has 0 aromatic heterocycles. The summed E-state index contributed by atoms with van der Waals surface area (Å²) in [5.41, 5.74) is 1.76. The Labute approximate surface area is 170 Å². The van der Waals surface area contributed by atoms with Gasteiger partial charge in [-0.2, -0.15) is 0 Å². The number of methoxy groups -OCH3 is 3. The van der Waals surface area contributed by atoms with Crippen LogP contribution in [0.15, 0.2) is 42.5 Å². The van der Waals surface area contributed by atoms with Crippen molar-refractivity contribution in [3.8, 4) is 17.2 Å². The van der Waals surface area contributed by atoms with E-state index in [1.54, 1.807) is 12.1 Å². The minimum Gasteiger partial charge on any atom is -0.493 e. The third-order valence-corrected chi connectivity index (χ3v) is 4.41. The summed E-state index contributed by atoms with van der Waals surface area (Å²) >= 11 is 0. The van der Waals surface area contributed by atoms with Gasteiger partial charge >= 0.3 is 5.97 Å². The van der Waals surface area contributed by atoms with Crippen LogP contribution in [0, 0.1) is 0 Å². The van der Waals surface area contributed by atoms with Crippen molar-refractivity contribution in [3.63, 3.8) is 0 Å². The lowest BCUT2D eigenvalue weighted by Gasteiger charge is -2.14. The predicted octanol–water partition coefficient (Wildman–Crippen LogP) is 2.72. The average Bonchev–Trinajstić information content (AvgIpc) is 2.75. The van der Waals surface area contributed by atoms with Crippen LogP contribution >= 0.6 is 0 Å². The summed E-state index contributed by atoms with van der Waals surface area (Å²) in [6.07, 6.45) is -0.0234. The standard InChI is InChI=1S/C22H27NO6/c1-15(17-8-6-5-7-9-17)13-23-20(24)14-29-21(25)12-16-10-18(26-2)22(28-4)19(11-16)27-3/h5-11,15H,12-14H2,1-4H3,(H,23,24)/t15-/m1/s1. The van der Waals surface area contributed by atoms with Gasteiger partial charge in [-0.25, -0.2) is 0 Å². The molecule has 0 spiro atoms. The van der Waals surface area contributed by atoms with Crippen LogP contribution in [0.3, 0.4) is 0 Å². The Bertz CT molecular complexity index is 796. The molecule has 0 aliphatic carbocycles. The third-order valence-electron chi connectivity index (χ3n) is 4.41. The molecule has 0 radical (unpaired) electrons. The van der Waals surface area contributed by atoms with E-state index < -0.39 is 5.97 Å². The van der Waals surface area contributed by atoms with Crippen molar-refractivity contribution in [1.29, 1.82) is 0 Å². The van der Waals surface area contributed by atoms with E-state index in [0.717, 1.165) is 5.56 Å². The molecule has 0 fully saturated rings. The summed E-state index contributed by atoms with van der Waals surface area (Å²) < 4.78 is 20.9. The predicted molar refractivity (Wildman–Crippen MR) is 109 cm³/mol. The first-order valence-corrected chi connectivity index (χ1v) is 9.24. The third kappa shape index (κ3) is 6.41. The van der Waals surface area contributed by atoms with Gasteiger partial charge in [-0.3, -0.25) is 9.59 Å². The number of nitrogens with one attached hydrogen (secondary N) is 1. The van der Waals surface area contributed by atoms with E-state index in [9.17, 15) is 9.59 Å². The van der Waals surface area contributed by atoms with E-state index in [1.807, 2.05) is 37.3 Å².